The van der Waals surface area contributed by atoms with Gasteiger partial charge < -0.3 is 5.73 Å². The van der Waals surface area contributed by atoms with Gasteiger partial charge in [-0.1, -0.05) is 17.9 Å². The Hall–Kier alpha value is -1.86. The Labute approximate surface area is 81.9 Å². The van der Waals surface area contributed by atoms with Gasteiger partial charge in [-0.15, -0.1) is 0 Å². The average molecular weight is 190 g/mol. The highest BCUT2D eigenvalue weighted by Crippen LogP contribution is 2.18. The Balaban J connectivity index is 3.22. The van der Waals surface area contributed by atoms with Gasteiger partial charge >= 0.3 is 0 Å². The molecule has 0 aliphatic heterocycles. The van der Waals surface area contributed by atoms with Gasteiger partial charge in [0.1, 0.15) is 5.56 Å². The van der Waals surface area contributed by atoms with Crippen LogP contribution in [0.2, 0.25) is 0 Å². The van der Waals surface area contributed by atoms with Crippen molar-refractivity contribution in [1.29, 1.82) is 0 Å². The van der Waals surface area contributed by atoms with E-state index in [0.29, 0.717) is 5.56 Å². The molecule has 4 nitrogen and oxygen atoms in total. The van der Waals surface area contributed by atoms with Gasteiger partial charge in [-0.05, 0) is 18.6 Å². The van der Waals surface area contributed by atoms with Crippen LogP contribution in [-0.4, -0.2) is 11.5 Å². The molecule has 0 bridgehead atoms. The summed E-state index contributed by atoms with van der Waals surface area (Å²) >= 11 is 0. The first-order chi connectivity index (χ1) is 6.65. The Morgan fingerprint density at radius 2 is 2.29 bits per heavy atom. The second kappa shape index (κ2) is 4.40. The molecule has 1 aromatic rings. The molecule has 0 saturated carbocycles. The van der Waals surface area contributed by atoms with E-state index < -0.39 is 4.92 Å². The van der Waals surface area contributed by atoms with Crippen LogP contribution >= 0.6 is 0 Å². The molecule has 0 aliphatic carbocycles. The number of hydrogen-bond acceptors (Lipinski definition) is 3. The quantitative estimate of drug-likeness (QED) is 0.411. The molecule has 4 heteroatoms. The van der Waals surface area contributed by atoms with Crippen molar-refractivity contribution in [2.45, 2.75) is 6.92 Å². The molecule has 0 radical (unpaired) electrons. The molecule has 0 aliphatic rings. The maximum absolute atomic E-state index is 10.6. The predicted octanol–water partition coefficient (Wildman–Crippen LogP) is 1.21. The summed E-state index contributed by atoms with van der Waals surface area (Å²) in [5.41, 5.74) is 6.47. The second-order valence-corrected chi connectivity index (χ2v) is 2.78. The molecule has 72 valence electrons. The zero-order valence-electron chi connectivity index (χ0n) is 7.78. The number of benzene rings is 1. The summed E-state index contributed by atoms with van der Waals surface area (Å²) in [5, 5.41) is 10.6. The van der Waals surface area contributed by atoms with Gasteiger partial charge in [-0.25, -0.2) is 0 Å². The highest BCUT2D eigenvalue weighted by molar-refractivity contribution is 5.52. The van der Waals surface area contributed by atoms with Crippen LogP contribution in [-0.2, 0) is 0 Å². The van der Waals surface area contributed by atoms with Crippen molar-refractivity contribution in [2.24, 2.45) is 5.73 Å². The van der Waals surface area contributed by atoms with E-state index in [2.05, 4.69) is 11.8 Å². The summed E-state index contributed by atoms with van der Waals surface area (Å²) in [6.07, 6.45) is 0. The summed E-state index contributed by atoms with van der Waals surface area (Å²) in [5.74, 6) is 5.26. The van der Waals surface area contributed by atoms with Crippen molar-refractivity contribution in [2.75, 3.05) is 6.54 Å². The number of rotatable bonds is 1. The standard InChI is InChI=1S/C10H10N2O2/c1-8-4-5-9(3-2-6-11)10(7-8)12(13)14/h4-5,7H,6,11H2,1H3. The lowest BCUT2D eigenvalue weighted by atomic mass is 10.1. The van der Waals surface area contributed by atoms with Crippen molar-refractivity contribution in [3.8, 4) is 11.8 Å². The summed E-state index contributed by atoms with van der Waals surface area (Å²) < 4.78 is 0. The van der Waals surface area contributed by atoms with Gasteiger partial charge in [0.15, 0.2) is 0 Å². The Bertz CT molecular complexity index is 416. The van der Waals surface area contributed by atoms with E-state index in [1.54, 1.807) is 19.1 Å². The summed E-state index contributed by atoms with van der Waals surface area (Å²) in [7, 11) is 0. The molecule has 0 aromatic heterocycles. The van der Waals surface area contributed by atoms with Crippen LogP contribution in [0, 0.1) is 28.9 Å². The molecule has 0 saturated heterocycles. The van der Waals surface area contributed by atoms with E-state index in [-0.39, 0.29) is 12.2 Å². The largest absolute Gasteiger partial charge is 0.320 e. The lowest BCUT2D eigenvalue weighted by Gasteiger charge is -1.96. The van der Waals surface area contributed by atoms with Crippen molar-refractivity contribution < 1.29 is 4.92 Å². The molecule has 0 amide bonds. The fourth-order valence-corrected chi connectivity index (χ4v) is 1.04. The second-order valence-electron chi connectivity index (χ2n) is 2.78. The van der Waals surface area contributed by atoms with E-state index in [4.69, 9.17) is 5.73 Å². The van der Waals surface area contributed by atoms with Crippen LogP contribution in [0.15, 0.2) is 18.2 Å². The van der Waals surface area contributed by atoms with E-state index in [9.17, 15) is 10.1 Å². The van der Waals surface area contributed by atoms with E-state index in [1.165, 1.54) is 6.07 Å². The molecule has 0 spiro atoms. The van der Waals surface area contributed by atoms with Gasteiger partial charge in [0.05, 0.1) is 11.5 Å². The number of nitrogens with two attached hydrogens (primary N) is 1. The number of nitrogens with zero attached hydrogens (tertiary/aromatic N) is 1. The number of nitro benzene ring substituents is 1. The third-order valence-corrected chi connectivity index (χ3v) is 1.68. The SMILES string of the molecule is Cc1ccc(C#CCN)c([N+](=O)[O-])c1. The summed E-state index contributed by atoms with van der Waals surface area (Å²) in [6.45, 7) is 2.00. The molecule has 0 unspecified atom stereocenters. The molecule has 1 rings (SSSR count). The maximum Gasteiger partial charge on any atom is 0.285 e. The zero-order valence-corrected chi connectivity index (χ0v) is 7.78. The van der Waals surface area contributed by atoms with E-state index in [0.717, 1.165) is 5.56 Å². The summed E-state index contributed by atoms with van der Waals surface area (Å²) in [4.78, 5) is 10.2. The predicted molar refractivity (Wildman–Crippen MR) is 53.8 cm³/mol. The molecule has 2 N–H and O–H groups in total. The lowest BCUT2D eigenvalue weighted by molar-refractivity contribution is -0.385. The third kappa shape index (κ3) is 2.31. The van der Waals surface area contributed by atoms with Crippen LogP contribution in [0.5, 0.6) is 0 Å². The van der Waals surface area contributed by atoms with Crippen molar-refractivity contribution in [3.05, 3.63) is 39.4 Å². The van der Waals surface area contributed by atoms with Crippen molar-refractivity contribution in [3.63, 3.8) is 0 Å². The van der Waals surface area contributed by atoms with Gasteiger partial charge in [0.2, 0.25) is 0 Å². The minimum Gasteiger partial charge on any atom is -0.320 e. The molecular weight excluding hydrogens is 180 g/mol. The monoisotopic (exact) mass is 190 g/mol. The Morgan fingerprint density at radius 1 is 1.57 bits per heavy atom. The van der Waals surface area contributed by atoms with E-state index in [1.807, 2.05) is 0 Å². The zero-order chi connectivity index (χ0) is 10.6. The van der Waals surface area contributed by atoms with Crippen LogP contribution < -0.4 is 5.73 Å². The lowest BCUT2D eigenvalue weighted by Crippen LogP contribution is -1.95. The smallest absolute Gasteiger partial charge is 0.285 e. The first-order valence-corrected chi connectivity index (χ1v) is 4.09. The highest BCUT2D eigenvalue weighted by Gasteiger charge is 2.11. The Morgan fingerprint density at radius 3 is 2.86 bits per heavy atom. The number of nitro groups is 1. The van der Waals surface area contributed by atoms with Gasteiger partial charge in [0, 0.05) is 6.07 Å². The van der Waals surface area contributed by atoms with Crippen LogP contribution in [0.25, 0.3) is 0 Å². The average Bonchev–Trinajstić information content (AvgIpc) is 2.15. The molecule has 0 fully saturated rings. The van der Waals surface area contributed by atoms with E-state index >= 15 is 0 Å². The number of aryl methyl sites for hydroxylation is 1. The van der Waals surface area contributed by atoms with Crippen LogP contribution in [0.1, 0.15) is 11.1 Å². The molecule has 14 heavy (non-hydrogen) atoms. The van der Waals surface area contributed by atoms with Crippen molar-refractivity contribution in [1.82, 2.24) is 0 Å². The van der Waals surface area contributed by atoms with Gasteiger partial charge in [0.25, 0.3) is 5.69 Å². The first-order valence-electron chi connectivity index (χ1n) is 4.09. The van der Waals surface area contributed by atoms with Gasteiger partial charge in [-0.3, -0.25) is 10.1 Å². The van der Waals surface area contributed by atoms with Gasteiger partial charge in [-0.2, -0.15) is 0 Å². The molecule has 1 aromatic carbocycles. The van der Waals surface area contributed by atoms with Crippen LogP contribution in [0.3, 0.4) is 0 Å². The molecular formula is C10H10N2O2. The molecule has 0 atom stereocenters. The number of hydrogen-bond donors (Lipinski definition) is 1. The van der Waals surface area contributed by atoms with Crippen LogP contribution in [0.4, 0.5) is 5.69 Å². The molecule has 0 heterocycles. The minimum absolute atomic E-state index is 0.0333. The maximum atomic E-state index is 10.6. The fourth-order valence-electron chi connectivity index (χ4n) is 1.04. The fraction of sp³-hybridized carbons (Fsp3) is 0.200. The first kappa shape index (κ1) is 10.2. The highest BCUT2D eigenvalue weighted by atomic mass is 16.6. The summed E-state index contributed by atoms with van der Waals surface area (Å²) in [6, 6.07) is 4.92. The van der Waals surface area contributed by atoms with Crippen molar-refractivity contribution >= 4 is 5.69 Å². The minimum atomic E-state index is -0.437. The normalized spacial score (nSPS) is 9.00. The Kier molecular flexibility index (Phi) is 3.21. The third-order valence-electron chi connectivity index (χ3n) is 1.68. The topological polar surface area (TPSA) is 69.2 Å².